The van der Waals surface area contributed by atoms with Crippen LogP contribution in [-0.4, -0.2) is 23.2 Å². The summed E-state index contributed by atoms with van der Waals surface area (Å²) < 4.78 is 16.4. The predicted molar refractivity (Wildman–Crippen MR) is 38.2 cm³/mol. The Bertz CT molecular complexity index is 212. The molecule has 0 spiro atoms. The molecule has 0 aliphatic rings. The fourth-order valence-electron chi connectivity index (χ4n) is 0.598. The van der Waals surface area contributed by atoms with Crippen LogP contribution in [0.4, 0.5) is 4.39 Å². The number of nitrogens with zero attached hydrogens (tertiary/aromatic N) is 2. The highest BCUT2D eigenvalue weighted by molar-refractivity contribution is 5.05. The summed E-state index contributed by atoms with van der Waals surface area (Å²) in [5, 5.41) is 0. The Balaban J connectivity index is 2.52. The first-order valence-electron chi connectivity index (χ1n) is 3.30. The molecule has 60 valence electrons. The van der Waals surface area contributed by atoms with E-state index in [1.165, 1.54) is 6.20 Å². The van der Waals surface area contributed by atoms with Gasteiger partial charge in [0, 0.05) is 0 Å². The van der Waals surface area contributed by atoms with Gasteiger partial charge in [-0.2, -0.15) is 0 Å². The van der Waals surface area contributed by atoms with E-state index in [9.17, 15) is 4.39 Å². The van der Waals surface area contributed by atoms with Crippen LogP contribution in [-0.2, 0) is 0 Å². The lowest BCUT2D eigenvalue weighted by molar-refractivity contribution is 0.263. The summed E-state index contributed by atoms with van der Waals surface area (Å²) in [6.07, 6.45) is 3.05. The van der Waals surface area contributed by atoms with Gasteiger partial charge in [0.25, 0.3) is 0 Å². The van der Waals surface area contributed by atoms with Crippen LogP contribution < -0.4 is 4.74 Å². The molecule has 0 N–H and O–H groups in total. The lowest BCUT2D eigenvalue weighted by Crippen LogP contribution is -2.00. The quantitative estimate of drug-likeness (QED) is 0.658. The van der Waals surface area contributed by atoms with Crippen molar-refractivity contribution in [1.29, 1.82) is 0 Å². The Labute approximate surface area is 64.2 Å². The molecule has 0 bridgehead atoms. The molecule has 3 nitrogen and oxygen atoms in total. The SMILES string of the molecule is Cc1cnc(OCCF)cn1. The first-order valence-corrected chi connectivity index (χ1v) is 3.30. The second-order valence-electron chi connectivity index (χ2n) is 2.03. The molecule has 0 aliphatic heterocycles. The Kier molecular flexibility index (Phi) is 2.77. The summed E-state index contributed by atoms with van der Waals surface area (Å²) >= 11 is 0. The lowest BCUT2D eigenvalue weighted by atomic mass is 10.5. The van der Waals surface area contributed by atoms with Gasteiger partial charge in [-0.3, -0.25) is 4.98 Å². The van der Waals surface area contributed by atoms with E-state index < -0.39 is 6.67 Å². The van der Waals surface area contributed by atoms with Gasteiger partial charge in [0.05, 0.1) is 18.1 Å². The molecular formula is C7H9FN2O. The minimum Gasteiger partial charge on any atom is -0.474 e. The molecule has 0 atom stereocenters. The van der Waals surface area contributed by atoms with Gasteiger partial charge < -0.3 is 4.74 Å². The van der Waals surface area contributed by atoms with Crippen LogP contribution in [0.25, 0.3) is 0 Å². The van der Waals surface area contributed by atoms with E-state index in [4.69, 9.17) is 4.74 Å². The van der Waals surface area contributed by atoms with Crippen LogP contribution in [0.15, 0.2) is 12.4 Å². The van der Waals surface area contributed by atoms with Crippen LogP contribution in [0, 0.1) is 6.92 Å². The summed E-state index contributed by atoms with van der Waals surface area (Å²) in [5.41, 5.74) is 0.817. The van der Waals surface area contributed by atoms with Crippen LogP contribution in [0.3, 0.4) is 0 Å². The molecule has 0 saturated carbocycles. The average Bonchev–Trinajstić information content (AvgIpc) is 2.04. The number of aromatic nitrogens is 2. The highest BCUT2D eigenvalue weighted by Gasteiger charge is 1.93. The third-order valence-corrected chi connectivity index (χ3v) is 1.08. The van der Waals surface area contributed by atoms with Crippen LogP contribution in [0.1, 0.15) is 5.69 Å². The number of hydrogen-bond donors (Lipinski definition) is 0. The van der Waals surface area contributed by atoms with Crippen molar-refractivity contribution in [3.8, 4) is 5.88 Å². The minimum atomic E-state index is -0.504. The maximum absolute atomic E-state index is 11.6. The number of ether oxygens (including phenoxy) is 1. The summed E-state index contributed by atoms with van der Waals surface area (Å²) in [4.78, 5) is 7.79. The van der Waals surface area contributed by atoms with Gasteiger partial charge in [-0.15, -0.1) is 0 Å². The lowest BCUT2D eigenvalue weighted by Gasteiger charge is -2.00. The first kappa shape index (κ1) is 7.91. The largest absolute Gasteiger partial charge is 0.474 e. The van der Waals surface area contributed by atoms with Crippen LogP contribution >= 0.6 is 0 Å². The van der Waals surface area contributed by atoms with E-state index in [0.717, 1.165) is 5.69 Å². The monoisotopic (exact) mass is 156 g/mol. The standard InChI is InChI=1S/C7H9FN2O/c1-6-4-10-7(5-9-6)11-3-2-8/h4-5H,2-3H2,1H3. The first-order chi connectivity index (χ1) is 5.33. The van der Waals surface area contributed by atoms with E-state index in [1.54, 1.807) is 6.20 Å². The van der Waals surface area contributed by atoms with Crippen molar-refractivity contribution in [3.05, 3.63) is 18.1 Å². The topological polar surface area (TPSA) is 35.0 Å². The molecule has 1 aromatic heterocycles. The van der Waals surface area contributed by atoms with E-state index in [-0.39, 0.29) is 6.61 Å². The van der Waals surface area contributed by atoms with Crippen molar-refractivity contribution in [1.82, 2.24) is 9.97 Å². The maximum Gasteiger partial charge on any atom is 0.232 e. The summed E-state index contributed by atoms with van der Waals surface area (Å²) in [5.74, 6) is 0.369. The van der Waals surface area contributed by atoms with Crippen molar-refractivity contribution in [2.45, 2.75) is 6.92 Å². The Hall–Kier alpha value is -1.19. The van der Waals surface area contributed by atoms with Gasteiger partial charge in [0.2, 0.25) is 5.88 Å². The van der Waals surface area contributed by atoms with Gasteiger partial charge >= 0.3 is 0 Å². The highest BCUT2D eigenvalue weighted by atomic mass is 19.1. The van der Waals surface area contributed by atoms with Crippen molar-refractivity contribution in [2.24, 2.45) is 0 Å². The number of aryl methyl sites for hydroxylation is 1. The zero-order valence-corrected chi connectivity index (χ0v) is 6.25. The normalized spacial score (nSPS) is 9.64. The van der Waals surface area contributed by atoms with E-state index >= 15 is 0 Å². The molecule has 4 heteroatoms. The highest BCUT2D eigenvalue weighted by Crippen LogP contribution is 2.02. The van der Waals surface area contributed by atoms with Crippen molar-refractivity contribution < 1.29 is 9.13 Å². The number of halogens is 1. The number of alkyl halides is 1. The second-order valence-corrected chi connectivity index (χ2v) is 2.03. The summed E-state index contributed by atoms with van der Waals surface area (Å²) in [7, 11) is 0. The summed E-state index contributed by atoms with van der Waals surface area (Å²) in [6.45, 7) is 1.36. The molecule has 1 rings (SSSR count). The van der Waals surface area contributed by atoms with E-state index in [0.29, 0.717) is 5.88 Å². The Morgan fingerprint density at radius 3 is 2.82 bits per heavy atom. The second kappa shape index (κ2) is 3.85. The molecular weight excluding hydrogens is 147 g/mol. The van der Waals surface area contributed by atoms with E-state index in [2.05, 4.69) is 9.97 Å². The predicted octanol–water partition coefficient (Wildman–Crippen LogP) is 1.13. The average molecular weight is 156 g/mol. The summed E-state index contributed by atoms with van der Waals surface area (Å²) in [6, 6.07) is 0. The number of rotatable bonds is 3. The molecule has 0 unspecified atom stereocenters. The van der Waals surface area contributed by atoms with Crippen molar-refractivity contribution in [3.63, 3.8) is 0 Å². The smallest absolute Gasteiger partial charge is 0.232 e. The fraction of sp³-hybridized carbons (Fsp3) is 0.429. The van der Waals surface area contributed by atoms with Crippen molar-refractivity contribution in [2.75, 3.05) is 13.3 Å². The third-order valence-electron chi connectivity index (χ3n) is 1.08. The van der Waals surface area contributed by atoms with E-state index in [1.807, 2.05) is 6.92 Å². The molecule has 0 aromatic carbocycles. The number of hydrogen-bond acceptors (Lipinski definition) is 3. The van der Waals surface area contributed by atoms with Gasteiger partial charge in [-0.05, 0) is 6.92 Å². The molecule has 11 heavy (non-hydrogen) atoms. The van der Waals surface area contributed by atoms with Gasteiger partial charge in [0.1, 0.15) is 13.3 Å². The Morgan fingerprint density at radius 2 is 2.27 bits per heavy atom. The van der Waals surface area contributed by atoms with Gasteiger partial charge in [0.15, 0.2) is 0 Å². The third kappa shape index (κ3) is 2.49. The molecule has 1 heterocycles. The molecule has 0 amide bonds. The zero-order valence-electron chi connectivity index (χ0n) is 6.25. The molecule has 0 fully saturated rings. The Morgan fingerprint density at radius 1 is 1.45 bits per heavy atom. The minimum absolute atomic E-state index is 0.0394. The maximum atomic E-state index is 11.6. The van der Waals surface area contributed by atoms with Gasteiger partial charge in [-0.25, -0.2) is 9.37 Å². The fourth-order valence-corrected chi connectivity index (χ4v) is 0.598. The van der Waals surface area contributed by atoms with Crippen LogP contribution in [0.2, 0.25) is 0 Å². The molecule has 0 radical (unpaired) electrons. The molecule has 1 aromatic rings. The van der Waals surface area contributed by atoms with Crippen LogP contribution in [0.5, 0.6) is 5.88 Å². The van der Waals surface area contributed by atoms with Crippen molar-refractivity contribution >= 4 is 0 Å². The molecule has 0 aliphatic carbocycles. The molecule has 0 saturated heterocycles. The zero-order chi connectivity index (χ0) is 8.10. The van der Waals surface area contributed by atoms with Gasteiger partial charge in [-0.1, -0.05) is 0 Å².